The molecule has 6 nitrogen and oxygen atoms in total. The summed E-state index contributed by atoms with van der Waals surface area (Å²) in [4.78, 5) is 0. The molecule has 0 bridgehead atoms. The fraction of sp³-hybridized carbons (Fsp3) is 0.533. The van der Waals surface area contributed by atoms with E-state index in [1.807, 2.05) is 6.07 Å². The summed E-state index contributed by atoms with van der Waals surface area (Å²) in [6.45, 7) is 2.87. The monoisotopic (exact) mass is 286 g/mol. The van der Waals surface area contributed by atoms with Crippen LogP contribution in [0, 0.1) is 12.8 Å². The third kappa shape index (κ3) is 3.05. The van der Waals surface area contributed by atoms with Crippen LogP contribution in [-0.2, 0) is 0 Å². The Labute approximate surface area is 124 Å². The number of anilines is 1. The van der Waals surface area contributed by atoms with Crippen LogP contribution < -0.4 is 11.1 Å². The van der Waals surface area contributed by atoms with Crippen LogP contribution in [-0.4, -0.2) is 32.8 Å². The van der Waals surface area contributed by atoms with Gasteiger partial charge in [-0.3, -0.25) is 0 Å². The fourth-order valence-corrected chi connectivity index (χ4v) is 3.07. The van der Waals surface area contributed by atoms with Crippen molar-refractivity contribution in [3.63, 3.8) is 0 Å². The first-order valence-electron chi connectivity index (χ1n) is 7.58. The first-order valence-corrected chi connectivity index (χ1v) is 7.58. The molecule has 1 saturated carbocycles. The second-order valence-electron chi connectivity index (χ2n) is 5.78. The summed E-state index contributed by atoms with van der Waals surface area (Å²) in [5, 5.41) is 15.0. The van der Waals surface area contributed by atoms with Crippen LogP contribution >= 0.6 is 0 Å². The van der Waals surface area contributed by atoms with Gasteiger partial charge < -0.3 is 11.1 Å². The van der Waals surface area contributed by atoms with Crippen molar-refractivity contribution in [1.82, 2.24) is 20.2 Å². The lowest BCUT2D eigenvalue weighted by Gasteiger charge is -2.32. The smallest absolute Gasteiger partial charge is 0.143 e. The highest BCUT2D eigenvalue weighted by molar-refractivity contribution is 5.57. The molecule has 3 rings (SSSR count). The minimum Gasteiger partial charge on any atom is -0.382 e. The molecular formula is C15H22N6. The van der Waals surface area contributed by atoms with E-state index in [2.05, 4.69) is 39.9 Å². The number of nitrogens with two attached hydrogens (primary N) is 1. The molecule has 1 fully saturated rings. The molecule has 112 valence electrons. The molecule has 2 atom stereocenters. The molecule has 1 heterocycles. The van der Waals surface area contributed by atoms with Gasteiger partial charge in [0, 0.05) is 11.7 Å². The van der Waals surface area contributed by atoms with Crippen LogP contribution in [0.25, 0.3) is 5.69 Å². The van der Waals surface area contributed by atoms with Gasteiger partial charge in [-0.1, -0.05) is 18.9 Å². The molecule has 1 aromatic carbocycles. The summed E-state index contributed by atoms with van der Waals surface area (Å²) in [5.41, 5.74) is 9.26. The number of aryl methyl sites for hydroxylation is 1. The molecule has 0 saturated heterocycles. The number of hydrogen-bond donors (Lipinski definition) is 2. The summed E-state index contributed by atoms with van der Waals surface area (Å²) in [6, 6.07) is 6.69. The lowest BCUT2D eigenvalue weighted by Crippen LogP contribution is -2.36. The van der Waals surface area contributed by atoms with E-state index in [0.29, 0.717) is 12.0 Å². The van der Waals surface area contributed by atoms with Gasteiger partial charge in [0.2, 0.25) is 0 Å². The molecule has 0 amide bonds. The maximum atomic E-state index is 5.92. The number of nitrogens with zero attached hydrogens (tertiary/aromatic N) is 4. The molecule has 2 aromatic rings. The average Bonchev–Trinajstić information content (AvgIpc) is 3.04. The fourth-order valence-electron chi connectivity index (χ4n) is 3.07. The van der Waals surface area contributed by atoms with Gasteiger partial charge in [-0.2, -0.15) is 0 Å². The van der Waals surface area contributed by atoms with Gasteiger partial charge >= 0.3 is 0 Å². The van der Waals surface area contributed by atoms with Gasteiger partial charge in [-0.05, 0) is 60.4 Å². The van der Waals surface area contributed by atoms with Crippen molar-refractivity contribution in [2.24, 2.45) is 11.7 Å². The van der Waals surface area contributed by atoms with E-state index in [9.17, 15) is 0 Å². The quantitative estimate of drug-likeness (QED) is 0.897. The van der Waals surface area contributed by atoms with Crippen LogP contribution in [0.3, 0.4) is 0 Å². The molecule has 1 aromatic heterocycles. The molecule has 3 N–H and O–H groups in total. The molecule has 2 unspecified atom stereocenters. The van der Waals surface area contributed by atoms with Crippen molar-refractivity contribution >= 4 is 5.69 Å². The number of aromatic nitrogens is 4. The minimum absolute atomic E-state index is 0.464. The van der Waals surface area contributed by atoms with E-state index < -0.39 is 0 Å². The Morgan fingerprint density at radius 3 is 2.95 bits per heavy atom. The van der Waals surface area contributed by atoms with Crippen molar-refractivity contribution in [3.8, 4) is 5.69 Å². The van der Waals surface area contributed by atoms with Gasteiger partial charge in [-0.25, -0.2) is 4.68 Å². The summed E-state index contributed by atoms with van der Waals surface area (Å²) in [5.74, 6) is 0.565. The van der Waals surface area contributed by atoms with E-state index in [-0.39, 0.29) is 0 Å². The van der Waals surface area contributed by atoms with Crippen LogP contribution in [0.1, 0.15) is 31.2 Å². The standard InChI is InChI=1S/C15H22N6/c1-11-6-7-13(21-10-17-19-20-21)8-15(11)18-14-5-3-2-4-12(14)9-16/h6-8,10,12,14,18H,2-5,9,16H2,1H3. The zero-order valence-electron chi connectivity index (χ0n) is 12.4. The first kappa shape index (κ1) is 14.0. The lowest BCUT2D eigenvalue weighted by molar-refractivity contribution is 0.332. The van der Waals surface area contributed by atoms with Crippen molar-refractivity contribution < 1.29 is 0 Å². The van der Waals surface area contributed by atoms with Crippen molar-refractivity contribution in [3.05, 3.63) is 30.1 Å². The largest absolute Gasteiger partial charge is 0.382 e. The van der Waals surface area contributed by atoms with E-state index in [0.717, 1.165) is 17.9 Å². The van der Waals surface area contributed by atoms with Crippen LogP contribution in [0.5, 0.6) is 0 Å². The Bertz CT molecular complexity index is 580. The van der Waals surface area contributed by atoms with E-state index in [4.69, 9.17) is 5.73 Å². The van der Waals surface area contributed by atoms with E-state index in [1.54, 1.807) is 11.0 Å². The summed E-state index contributed by atoms with van der Waals surface area (Å²) >= 11 is 0. The van der Waals surface area contributed by atoms with Crippen molar-refractivity contribution in [2.75, 3.05) is 11.9 Å². The Morgan fingerprint density at radius 1 is 1.33 bits per heavy atom. The third-order valence-corrected chi connectivity index (χ3v) is 4.39. The summed E-state index contributed by atoms with van der Waals surface area (Å²) < 4.78 is 1.67. The number of benzene rings is 1. The molecular weight excluding hydrogens is 264 g/mol. The first-order chi connectivity index (χ1) is 10.3. The van der Waals surface area contributed by atoms with E-state index in [1.165, 1.54) is 31.2 Å². The average molecular weight is 286 g/mol. The van der Waals surface area contributed by atoms with Gasteiger partial charge in [0.1, 0.15) is 6.33 Å². The number of nitrogens with one attached hydrogen (secondary N) is 1. The van der Waals surface area contributed by atoms with Gasteiger partial charge in [0.05, 0.1) is 5.69 Å². The second-order valence-corrected chi connectivity index (χ2v) is 5.78. The SMILES string of the molecule is Cc1ccc(-n2cnnn2)cc1NC1CCCCC1CN. The number of rotatable bonds is 4. The minimum atomic E-state index is 0.464. The molecule has 1 aliphatic carbocycles. The third-order valence-electron chi connectivity index (χ3n) is 4.39. The molecule has 0 radical (unpaired) electrons. The highest BCUT2D eigenvalue weighted by atomic mass is 15.5. The summed E-state index contributed by atoms with van der Waals surface area (Å²) in [7, 11) is 0. The maximum absolute atomic E-state index is 5.92. The second kappa shape index (κ2) is 6.22. The summed E-state index contributed by atoms with van der Waals surface area (Å²) in [6.07, 6.45) is 6.59. The Kier molecular flexibility index (Phi) is 4.15. The molecule has 0 spiro atoms. The molecule has 0 aliphatic heterocycles. The molecule has 1 aliphatic rings. The Hall–Kier alpha value is -1.95. The van der Waals surface area contributed by atoms with Gasteiger partial charge in [-0.15, -0.1) is 5.10 Å². The van der Waals surface area contributed by atoms with Crippen molar-refractivity contribution in [1.29, 1.82) is 0 Å². The zero-order chi connectivity index (χ0) is 14.7. The van der Waals surface area contributed by atoms with Crippen LogP contribution in [0.2, 0.25) is 0 Å². The number of hydrogen-bond acceptors (Lipinski definition) is 5. The predicted octanol–water partition coefficient (Wildman–Crippen LogP) is 1.90. The lowest BCUT2D eigenvalue weighted by atomic mass is 9.84. The van der Waals surface area contributed by atoms with E-state index >= 15 is 0 Å². The highest BCUT2D eigenvalue weighted by Crippen LogP contribution is 2.28. The van der Waals surface area contributed by atoms with Crippen LogP contribution in [0.4, 0.5) is 5.69 Å². The molecule has 6 heteroatoms. The topological polar surface area (TPSA) is 81.7 Å². The van der Waals surface area contributed by atoms with Crippen LogP contribution in [0.15, 0.2) is 24.5 Å². The Balaban J connectivity index is 1.82. The highest BCUT2D eigenvalue weighted by Gasteiger charge is 2.24. The van der Waals surface area contributed by atoms with Gasteiger partial charge in [0.15, 0.2) is 0 Å². The maximum Gasteiger partial charge on any atom is 0.143 e. The molecule has 21 heavy (non-hydrogen) atoms. The van der Waals surface area contributed by atoms with Crippen molar-refractivity contribution in [2.45, 2.75) is 38.6 Å². The zero-order valence-corrected chi connectivity index (χ0v) is 12.4. The normalized spacial score (nSPS) is 22.2. The Morgan fingerprint density at radius 2 is 2.19 bits per heavy atom. The number of tetrazole rings is 1. The predicted molar refractivity (Wildman–Crippen MR) is 82.3 cm³/mol. The van der Waals surface area contributed by atoms with Gasteiger partial charge in [0.25, 0.3) is 0 Å².